The van der Waals surface area contributed by atoms with E-state index in [0.717, 1.165) is 11.3 Å². The second-order valence-electron chi connectivity index (χ2n) is 4.14. The molecule has 0 aromatic heterocycles. The van der Waals surface area contributed by atoms with E-state index >= 15 is 0 Å². The fraction of sp³-hybridized carbons (Fsp3) is 0.417. The van der Waals surface area contributed by atoms with Crippen molar-refractivity contribution in [1.29, 1.82) is 0 Å². The molecule has 3 heteroatoms. The summed E-state index contributed by atoms with van der Waals surface area (Å²) in [7, 11) is 0. The second-order valence-corrected chi connectivity index (χ2v) is 4.14. The third-order valence-electron chi connectivity index (χ3n) is 2.31. The molecular weight excluding hydrogens is 188 g/mol. The van der Waals surface area contributed by atoms with E-state index in [4.69, 9.17) is 5.73 Å². The van der Waals surface area contributed by atoms with Crippen LogP contribution in [0.3, 0.4) is 0 Å². The summed E-state index contributed by atoms with van der Waals surface area (Å²) >= 11 is 0. The Balaban J connectivity index is 2.79. The molecular formula is C12H18N2O. The predicted molar refractivity (Wildman–Crippen MR) is 62.6 cm³/mol. The first-order valence-corrected chi connectivity index (χ1v) is 5.13. The Bertz CT molecular complexity index is 347. The maximum Gasteiger partial charge on any atom is 0.240 e. The van der Waals surface area contributed by atoms with Gasteiger partial charge in [0.1, 0.15) is 6.04 Å². The third-order valence-corrected chi connectivity index (χ3v) is 2.31. The van der Waals surface area contributed by atoms with Crippen molar-refractivity contribution in [2.45, 2.75) is 26.8 Å². The van der Waals surface area contributed by atoms with Gasteiger partial charge >= 0.3 is 0 Å². The Morgan fingerprint density at radius 2 is 2.07 bits per heavy atom. The number of hydrogen-bond acceptors (Lipinski definition) is 2. The Morgan fingerprint density at radius 3 is 2.53 bits per heavy atom. The highest BCUT2D eigenvalue weighted by molar-refractivity contribution is 5.83. The first-order valence-electron chi connectivity index (χ1n) is 5.13. The molecule has 0 saturated carbocycles. The lowest BCUT2D eigenvalue weighted by atomic mass is 10.0. The summed E-state index contributed by atoms with van der Waals surface area (Å²) in [5, 5.41) is 3.14. The molecule has 0 saturated heterocycles. The van der Waals surface area contributed by atoms with Gasteiger partial charge in [0.2, 0.25) is 5.91 Å². The van der Waals surface area contributed by atoms with Crippen LogP contribution in [0.15, 0.2) is 24.3 Å². The summed E-state index contributed by atoms with van der Waals surface area (Å²) in [6.07, 6.45) is 0. The van der Waals surface area contributed by atoms with Crippen LogP contribution in [0, 0.1) is 12.8 Å². The molecule has 1 rings (SSSR count). The van der Waals surface area contributed by atoms with Crippen molar-refractivity contribution in [3.8, 4) is 0 Å². The lowest BCUT2D eigenvalue weighted by molar-refractivity contribution is -0.119. The average molecular weight is 206 g/mol. The van der Waals surface area contributed by atoms with Crippen molar-refractivity contribution >= 4 is 11.6 Å². The molecule has 0 fully saturated rings. The number of hydrogen-bond donors (Lipinski definition) is 2. The van der Waals surface area contributed by atoms with Crippen LogP contribution in [-0.2, 0) is 4.79 Å². The number of aryl methyl sites for hydroxylation is 1. The normalized spacial score (nSPS) is 12.5. The molecule has 1 unspecified atom stereocenters. The highest BCUT2D eigenvalue weighted by Gasteiger charge is 2.18. The molecule has 0 aliphatic heterocycles. The van der Waals surface area contributed by atoms with E-state index in [-0.39, 0.29) is 17.9 Å². The molecule has 1 aromatic carbocycles. The molecule has 0 radical (unpaired) electrons. The Labute approximate surface area is 90.7 Å². The summed E-state index contributed by atoms with van der Waals surface area (Å²) in [5.74, 6) is -0.130. The number of primary amides is 1. The second kappa shape index (κ2) is 4.82. The summed E-state index contributed by atoms with van der Waals surface area (Å²) in [6.45, 7) is 5.95. The number of benzene rings is 1. The van der Waals surface area contributed by atoms with Crippen molar-refractivity contribution in [2.24, 2.45) is 11.7 Å². The van der Waals surface area contributed by atoms with Crippen LogP contribution in [0.25, 0.3) is 0 Å². The first-order chi connectivity index (χ1) is 7.00. The van der Waals surface area contributed by atoms with Crippen LogP contribution in [0.5, 0.6) is 0 Å². The molecule has 0 aliphatic carbocycles. The predicted octanol–water partition coefficient (Wildman–Crippen LogP) is 1.92. The monoisotopic (exact) mass is 206 g/mol. The van der Waals surface area contributed by atoms with Gasteiger partial charge in [-0.25, -0.2) is 0 Å². The van der Waals surface area contributed by atoms with Crippen molar-refractivity contribution in [3.63, 3.8) is 0 Å². The van der Waals surface area contributed by atoms with Gasteiger partial charge in [-0.1, -0.05) is 26.0 Å². The lowest BCUT2D eigenvalue weighted by Crippen LogP contribution is -2.39. The van der Waals surface area contributed by atoms with Crippen molar-refractivity contribution < 1.29 is 4.79 Å². The molecule has 3 N–H and O–H groups in total. The fourth-order valence-corrected chi connectivity index (χ4v) is 1.48. The maximum absolute atomic E-state index is 11.2. The molecule has 82 valence electrons. The van der Waals surface area contributed by atoms with Gasteiger partial charge in [-0.05, 0) is 30.5 Å². The van der Waals surface area contributed by atoms with Crippen LogP contribution in [-0.4, -0.2) is 11.9 Å². The fourth-order valence-electron chi connectivity index (χ4n) is 1.48. The quantitative estimate of drug-likeness (QED) is 0.790. The molecule has 0 heterocycles. The van der Waals surface area contributed by atoms with Crippen LogP contribution in [0.2, 0.25) is 0 Å². The zero-order valence-corrected chi connectivity index (χ0v) is 9.45. The number of nitrogens with one attached hydrogen (secondary N) is 1. The average Bonchev–Trinajstić information content (AvgIpc) is 2.13. The summed E-state index contributed by atoms with van der Waals surface area (Å²) in [5.41, 5.74) is 7.42. The van der Waals surface area contributed by atoms with Gasteiger partial charge in [-0.2, -0.15) is 0 Å². The topological polar surface area (TPSA) is 55.1 Å². The largest absolute Gasteiger partial charge is 0.373 e. The van der Waals surface area contributed by atoms with Gasteiger partial charge in [-0.15, -0.1) is 0 Å². The van der Waals surface area contributed by atoms with Crippen molar-refractivity contribution in [1.82, 2.24) is 0 Å². The van der Waals surface area contributed by atoms with Crippen LogP contribution in [0.4, 0.5) is 5.69 Å². The van der Waals surface area contributed by atoms with E-state index in [1.165, 1.54) is 0 Å². The molecule has 0 spiro atoms. The molecule has 15 heavy (non-hydrogen) atoms. The van der Waals surface area contributed by atoms with E-state index in [9.17, 15) is 4.79 Å². The number of nitrogens with two attached hydrogens (primary N) is 1. The summed E-state index contributed by atoms with van der Waals surface area (Å²) in [6, 6.07) is 7.59. The van der Waals surface area contributed by atoms with Crippen LogP contribution >= 0.6 is 0 Å². The van der Waals surface area contributed by atoms with Gasteiger partial charge in [0.05, 0.1) is 0 Å². The summed E-state index contributed by atoms with van der Waals surface area (Å²) < 4.78 is 0. The van der Waals surface area contributed by atoms with Crippen molar-refractivity contribution in [2.75, 3.05) is 5.32 Å². The van der Waals surface area contributed by atoms with E-state index in [2.05, 4.69) is 5.32 Å². The number of anilines is 1. The molecule has 1 atom stereocenters. The van der Waals surface area contributed by atoms with E-state index in [1.807, 2.05) is 45.0 Å². The standard InChI is InChI=1S/C12H18N2O/c1-8(2)11(12(13)15)14-10-6-4-5-9(3)7-10/h4-8,11,14H,1-3H3,(H2,13,15). The van der Waals surface area contributed by atoms with Gasteiger partial charge in [-0.3, -0.25) is 4.79 Å². The van der Waals surface area contributed by atoms with Gasteiger partial charge in [0.25, 0.3) is 0 Å². The van der Waals surface area contributed by atoms with Gasteiger partial charge < -0.3 is 11.1 Å². The first kappa shape index (κ1) is 11.6. The van der Waals surface area contributed by atoms with E-state index in [0.29, 0.717) is 0 Å². The number of rotatable bonds is 4. The Hall–Kier alpha value is -1.51. The Kier molecular flexibility index (Phi) is 3.72. The molecule has 1 aromatic rings. The minimum atomic E-state index is -0.313. The smallest absolute Gasteiger partial charge is 0.240 e. The molecule has 0 aliphatic rings. The number of carbonyl (C=O) groups is 1. The number of carbonyl (C=O) groups excluding carboxylic acids is 1. The highest BCUT2D eigenvalue weighted by atomic mass is 16.1. The van der Waals surface area contributed by atoms with Gasteiger partial charge in [0.15, 0.2) is 0 Å². The zero-order chi connectivity index (χ0) is 11.4. The van der Waals surface area contributed by atoms with Crippen LogP contribution in [0.1, 0.15) is 19.4 Å². The number of amides is 1. The molecule has 3 nitrogen and oxygen atoms in total. The summed E-state index contributed by atoms with van der Waals surface area (Å²) in [4.78, 5) is 11.2. The Morgan fingerprint density at radius 1 is 1.40 bits per heavy atom. The lowest BCUT2D eigenvalue weighted by Gasteiger charge is -2.20. The van der Waals surface area contributed by atoms with Crippen LogP contribution < -0.4 is 11.1 Å². The van der Waals surface area contributed by atoms with E-state index < -0.39 is 0 Å². The zero-order valence-electron chi connectivity index (χ0n) is 9.45. The SMILES string of the molecule is Cc1cccc(NC(C(N)=O)C(C)C)c1. The third kappa shape index (κ3) is 3.27. The maximum atomic E-state index is 11.2. The van der Waals surface area contributed by atoms with E-state index in [1.54, 1.807) is 0 Å². The van der Waals surface area contributed by atoms with Gasteiger partial charge in [0, 0.05) is 5.69 Å². The molecule has 1 amide bonds. The molecule has 0 bridgehead atoms. The minimum Gasteiger partial charge on any atom is -0.373 e. The van der Waals surface area contributed by atoms with Crippen molar-refractivity contribution in [3.05, 3.63) is 29.8 Å². The minimum absolute atomic E-state index is 0.183. The highest BCUT2D eigenvalue weighted by Crippen LogP contribution is 2.14.